The summed E-state index contributed by atoms with van der Waals surface area (Å²) in [6.07, 6.45) is 0.966. The Bertz CT molecular complexity index is 784. The van der Waals surface area contributed by atoms with Gasteiger partial charge in [0.2, 0.25) is 0 Å². The normalized spacial score (nSPS) is 22.2. The Kier molecular flexibility index (Phi) is 4.73. The molecule has 0 bridgehead atoms. The van der Waals surface area contributed by atoms with Crippen LogP contribution in [0.4, 0.5) is 0 Å². The van der Waals surface area contributed by atoms with Gasteiger partial charge in [0.25, 0.3) is 5.91 Å². The summed E-state index contributed by atoms with van der Waals surface area (Å²) in [6.45, 7) is 2.88. The van der Waals surface area contributed by atoms with Crippen LogP contribution < -0.4 is 14.8 Å². The van der Waals surface area contributed by atoms with Crippen LogP contribution in [0.5, 0.6) is 11.5 Å². The maximum absolute atomic E-state index is 12.2. The Balaban J connectivity index is 1.37. The van der Waals surface area contributed by atoms with E-state index in [0.717, 1.165) is 17.1 Å². The van der Waals surface area contributed by atoms with Crippen molar-refractivity contribution in [2.75, 3.05) is 26.3 Å². The molecule has 3 heterocycles. The first-order chi connectivity index (χ1) is 12.7. The van der Waals surface area contributed by atoms with E-state index in [9.17, 15) is 9.90 Å². The van der Waals surface area contributed by atoms with Crippen molar-refractivity contribution in [3.63, 3.8) is 0 Å². The van der Waals surface area contributed by atoms with E-state index >= 15 is 0 Å². The van der Waals surface area contributed by atoms with Gasteiger partial charge in [0.1, 0.15) is 18.9 Å². The first-order valence-electron chi connectivity index (χ1n) is 8.70. The summed E-state index contributed by atoms with van der Waals surface area (Å²) in [5.41, 5.74) is 1.43. The third kappa shape index (κ3) is 3.63. The molecule has 0 aliphatic carbocycles. The first kappa shape index (κ1) is 16.8. The molecule has 2 aliphatic rings. The first-order valence-corrected chi connectivity index (χ1v) is 8.70. The zero-order valence-electron chi connectivity index (χ0n) is 14.3. The largest absolute Gasteiger partial charge is 0.486 e. The summed E-state index contributed by atoms with van der Waals surface area (Å²) in [5, 5.41) is 13.2. The Morgan fingerprint density at radius 2 is 2.04 bits per heavy atom. The molecule has 2 aromatic rings. The molecule has 0 radical (unpaired) electrons. The van der Waals surface area contributed by atoms with Crippen molar-refractivity contribution in [2.45, 2.75) is 18.7 Å². The van der Waals surface area contributed by atoms with Crippen LogP contribution >= 0.6 is 0 Å². The zero-order chi connectivity index (χ0) is 17.9. The van der Waals surface area contributed by atoms with Crippen LogP contribution in [0.25, 0.3) is 0 Å². The maximum Gasteiger partial charge on any atom is 0.270 e. The Hall–Kier alpha value is -2.64. The standard InChI is InChI=1S/C19H21N3O4/c23-16-12-22(10-13-4-5-17-18(9-13)26-8-7-25-17)11-15(16)21-19(24)14-3-1-2-6-20-14/h1-6,9,15-16,23H,7-8,10-12H2,(H,21,24)/t15-,16-/m1/s1. The maximum atomic E-state index is 12.2. The number of aliphatic hydroxyl groups excluding tert-OH is 1. The van der Waals surface area contributed by atoms with Crippen molar-refractivity contribution in [1.29, 1.82) is 0 Å². The van der Waals surface area contributed by atoms with Crippen molar-refractivity contribution in [3.05, 3.63) is 53.9 Å². The van der Waals surface area contributed by atoms with Crippen molar-refractivity contribution < 1.29 is 19.4 Å². The van der Waals surface area contributed by atoms with Crippen molar-refractivity contribution in [2.24, 2.45) is 0 Å². The number of aromatic nitrogens is 1. The fourth-order valence-electron chi connectivity index (χ4n) is 3.32. The molecule has 136 valence electrons. The average Bonchev–Trinajstić information content (AvgIpc) is 3.01. The molecule has 1 aromatic heterocycles. The molecule has 7 nitrogen and oxygen atoms in total. The number of fused-ring (bicyclic) bond motifs is 1. The smallest absolute Gasteiger partial charge is 0.270 e. The lowest BCUT2D eigenvalue weighted by Crippen LogP contribution is -2.43. The highest BCUT2D eigenvalue weighted by molar-refractivity contribution is 5.92. The minimum absolute atomic E-state index is 0.268. The van der Waals surface area contributed by atoms with Crippen LogP contribution in [0.15, 0.2) is 42.6 Å². The average molecular weight is 355 g/mol. The van der Waals surface area contributed by atoms with Gasteiger partial charge in [-0.05, 0) is 29.8 Å². The van der Waals surface area contributed by atoms with E-state index in [0.29, 0.717) is 38.5 Å². The van der Waals surface area contributed by atoms with E-state index in [1.807, 2.05) is 18.2 Å². The Labute approximate surface area is 151 Å². The number of likely N-dealkylation sites (tertiary alicyclic amines) is 1. The van der Waals surface area contributed by atoms with Gasteiger partial charge in [-0.2, -0.15) is 0 Å². The lowest BCUT2D eigenvalue weighted by atomic mass is 10.2. The molecule has 2 N–H and O–H groups in total. The molecule has 1 saturated heterocycles. The van der Waals surface area contributed by atoms with E-state index < -0.39 is 6.10 Å². The van der Waals surface area contributed by atoms with Crippen LogP contribution in [0.2, 0.25) is 0 Å². The second-order valence-electron chi connectivity index (χ2n) is 6.53. The molecule has 26 heavy (non-hydrogen) atoms. The molecular formula is C19H21N3O4. The van der Waals surface area contributed by atoms with E-state index in [-0.39, 0.29) is 11.9 Å². The molecule has 2 aliphatic heterocycles. The van der Waals surface area contributed by atoms with Crippen LogP contribution in [-0.4, -0.2) is 59.3 Å². The molecule has 2 atom stereocenters. The highest BCUT2D eigenvalue weighted by Gasteiger charge is 2.32. The number of aliphatic hydroxyl groups is 1. The van der Waals surface area contributed by atoms with Crippen LogP contribution in [-0.2, 0) is 6.54 Å². The van der Waals surface area contributed by atoms with Crippen molar-refractivity contribution in [1.82, 2.24) is 15.2 Å². The topological polar surface area (TPSA) is 83.9 Å². The van der Waals surface area contributed by atoms with Gasteiger partial charge < -0.3 is 19.9 Å². The lowest BCUT2D eigenvalue weighted by Gasteiger charge is -2.20. The number of ether oxygens (including phenoxy) is 2. The SMILES string of the molecule is O=C(N[C@@H]1CN(Cc2ccc3c(c2)OCCO3)C[C@H]1O)c1ccccn1. The number of hydrogen-bond acceptors (Lipinski definition) is 6. The van der Waals surface area contributed by atoms with Gasteiger partial charge in [0.15, 0.2) is 11.5 Å². The van der Waals surface area contributed by atoms with E-state index in [1.165, 1.54) is 0 Å². The molecule has 1 fully saturated rings. The number of nitrogens with one attached hydrogen (secondary N) is 1. The Morgan fingerprint density at radius 1 is 1.19 bits per heavy atom. The van der Waals surface area contributed by atoms with Gasteiger partial charge in [0.05, 0.1) is 12.1 Å². The molecule has 0 unspecified atom stereocenters. The number of pyridine rings is 1. The van der Waals surface area contributed by atoms with E-state index in [2.05, 4.69) is 15.2 Å². The number of nitrogens with zero attached hydrogens (tertiary/aromatic N) is 2. The molecule has 0 saturated carbocycles. The number of hydrogen-bond donors (Lipinski definition) is 2. The van der Waals surface area contributed by atoms with Gasteiger partial charge in [0, 0.05) is 25.8 Å². The molecule has 1 amide bonds. The van der Waals surface area contributed by atoms with Gasteiger partial charge in [-0.1, -0.05) is 12.1 Å². The molecule has 4 rings (SSSR count). The fourth-order valence-corrected chi connectivity index (χ4v) is 3.32. The fraction of sp³-hybridized carbons (Fsp3) is 0.368. The summed E-state index contributed by atoms with van der Waals surface area (Å²) in [5.74, 6) is 1.26. The van der Waals surface area contributed by atoms with Crippen molar-refractivity contribution in [3.8, 4) is 11.5 Å². The highest BCUT2D eigenvalue weighted by Crippen LogP contribution is 2.31. The Morgan fingerprint density at radius 3 is 2.85 bits per heavy atom. The van der Waals surface area contributed by atoms with Gasteiger partial charge >= 0.3 is 0 Å². The minimum atomic E-state index is -0.611. The molecule has 1 aromatic carbocycles. The minimum Gasteiger partial charge on any atom is -0.486 e. The third-order valence-corrected chi connectivity index (χ3v) is 4.59. The summed E-state index contributed by atoms with van der Waals surface area (Å²) >= 11 is 0. The summed E-state index contributed by atoms with van der Waals surface area (Å²) < 4.78 is 11.2. The quantitative estimate of drug-likeness (QED) is 0.845. The van der Waals surface area contributed by atoms with E-state index in [4.69, 9.17) is 9.47 Å². The number of β-amino-alcohol motifs (C(OH)–C–C–N with tert-alkyl or cyclic N) is 1. The highest BCUT2D eigenvalue weighted by atomic mass is 16.6. The van der Waals surface area contributed by atoms with Crippen molar-refractivity contribution >= 4 is 5.91 Å². The second kappa shape index (κ2) is 7.31. The monoisotopic (exact) mass is 355 g/mol. The predicted octanol–water partition coefficient (Wildman–Crippen LogP) is 0.828. The summed E-state index contributed by atoms with van der Waals surface area (Å²) in [4.78, 5) is 18.4. The van der Waals surface area contributed by atoms with E-state index in [1.54, 1.807) is 24.4 Å². The number of benzene rings is 1. The lowest BCUT2D eigenvalue weighted by molar-refractivity contribution is 0.0883. The summed E-state index contributed by atoms with van der Waals surface area (Å²) in [6, 6.07) is 10.7. The van der Waals surface area contributed by atoms with Crippen LogP contribution in [0, 0.1) is 0 Å². The molecule has 7 heteroatoms. The van der Waals surface area contributed by atoms with Crippen LogP contribution in [0.1, 0.15) is 16.1 Å². The number of carbonyl (C=O) groups excluding carboxylic acids is 1. The summed E-state index contributed by atoms with van der Waals surface area (Å²) in [7, 11) is 0. The number of amides is 1. The second-order valence-corrected chi connectivity index (χ2v) is 6.53. The number of rotatable bonds is 4. The van der Waals surface area contributed by atoms with Crippen LogP contribution in [0.3, 0.4) is 0 Å². The van der Waals surface area contributed by atoms with Gasteiger partial charge in [-0.15, -0.1) is 0 Å². The molecule has 0 spiro atoms. The predicted molar refractivity (Wildman–Crippen MR) is 94.2 cm³/mol. The van der Waals surface area contributed by atoms with Gasteiger partial charge in [-0.3, -0.25) is 14.7 Å². The third-order valence-electron chi connectivity index (χ3n) is 4.59. The number of carbonyl (C=O) groups is 1. The molecular weight excluding hydrogens is 334 g/mol. The van der Waals surface area contributed by atoms with Gasteiger partial charge in [-0.25, -0.2) is 0 Å². The zero-order valence-corrected chi connectivity index (χ0v) is 14.3.